The fraction of sp³-hybridized carbons (Fsp3) is 0.955. The van der Waals surface area contributed by atoms with Gasteiger partial charge in [0.2, 0.25) is 11.8 Å². The molecule has 22 atom stereocenters. The number of piperidine rings is 2. The largest absolute Gasteiger partial charge is 0.323 e. The number of amides is 2. The summed E-state index contributed by atoms with van der Waals surface area (Å²) in [5, 5.41) is 8.64. The molecule has 2 N–H and O–H groups in total. The lowest BCUT2D eigenvalue weighted by Crippen LogP contribution is -2.78. The van der Waals surface area contributed by atoms with Crippen LogP contribution in [0.25, 0.3) is 0 Å². The van der Waals surface area contributed by atoms with Gasteiger partial charge in [-0.3, -0.25) is 20.2 Å². The van der Waals surface area contributed by atoms with Gasteiger partial charge in [-0.05, 0) is 186 Å². The highest BCUT2D eigenvalue weighted by molar-refractivity contribution is 5.82. The van der Waals surface area contributed by atoms with Crippen LogP contribution in [0, 0.1) is 94.7 Å². The van der Waals surface area contributed by atoms with Gasteiger partial charge in [-0.2, -0.15) is 0 Å². The molecule has 0 spiro atoms. The molecular weight excluding hydrogens is 617 g/mol. The predicted octanol–water partition coefficient (Wildman–Crippen LogP) is 6.79. The summed E-state index contributed by atoms with van der Waals surface area (Å²) >= 11 is 0. The van der Waals surface area contributed by atoms with Crippen LogP contribution in [0.15, 0.2) is 0 Å². The standard InChI is InChI=1S/C44H64N4O2/c49-43-29-19-15-25-24-14-18-28-40-30(44(50)48-34-12-4-8-22-6-2-10-32(36(22)34)46-42(28)48)20-16-26(38(24)40)23-13-17-27(39(29)37(23)25)41-45-31-9-1-5-21-7-3-11-33(35(21)31)47(41)43/h21-42,45-46H,1-20H2. The molecule has 13 aliphatic rings. The van der Waals surface area contributed by atoms with Gasteiger partial charge in [-0.15, -0.1) is 0 Å². The van der Waals surface area contributed by atoms with E-state index in [-0.39, 0.29) is 0 Å². The van der Waals surface area contributed by atoms with Crippen LogP contribution in [-0.2, 0) is 9.59 Å². The Hall–Kier alpha value is -1.14. The van der Waals surface area contributed by atoms with Gasteiger partial charge in [0.05, 0.1) is 12.3 Å². The molecule has 9 saturated carbocycles. The number of hydrogen-bond acceptors (Lipinski definition) is 4. The van der Waals surface area contributed by atoms with Crippen molar-refractivity contribution >= 4 is 11.8 Å². The van der Waals surface area contributed by atoms with Crippen LogP contribution in [-0.4, -0.2) is 58.1 Å². The molecule has 0 bridgehead atoms. The SMILES string of the molecule is O=C1C2CCC3C4CCC5C6C(CCC(C7CCC(C2C37)C2NC3CCCC7CCCC(C73)N12)C46)C(=O)N1C2CCCC3CCCC(NC51)C32. The molecule has 13 fully saturated rings. The third-order valence-corrected chi connectivity index (χ3v) is 20.4. The van der Waals surface area contributed by atoms with Gasteiger partial charge in [0.1, 0.15) is 0 Å². The zero-order chi connectivity index (χ0) is 32.6. The van der Waals surface area contributed by atoms with E-state index in [1.54, 1.807) is 0 Å². The van der Waals surface area contributed by atoms with Crippen LogP contribution in [0.4, 0.5) is 0 Å². The van der Waals surface area contributed by atoms with Gasteiger partial charge >= 0.3 is 0 Å². The molecule has 6 heteroatoms. The van der Waals surface area contributed by atoms with Gasteiger partial charge in [0.25, 0.3) is 0 Å². The highest BCUT2D eigenvalue weighted by atomic mass is 16.2. The lowest BCUT2D eigenvalue weighted by Gasteiger charge is -2.71. The van der Waals surface area contributed by atoms with Crippen LogP contribution in [0.2, 0.25) is 0 Å². The first kappa shape index (κ1) is 30.2. The van der Waals surface area contributed by atoms with E-state index in [2.05, 4.69) is 20.4 Å². The average Bonchev–Trinajstić information content (AvgIpc) is 3.15. The van der Waals surface area contributed by atoms with E-state index >= 15 is 0 Å². The summed E-state index contributed by atoms with van der Waals surface area (Å²) in [6.07, 6.45) is 27.4. The van der Waals surface area contributed by atoms with E-state index in [4.69, 9.17) is 0 Å². The van der Waals surface area contributed by atoms with Crippen molar-refractivity contribution in [2.75, 3.05) is 0 Å². The van der Waals surface area contributed by atoms with Gasteiger partial charge in [0.15, 0.2) is 0 Å². The molecular formula is C44H64N4O2. The Morgan fingerprint density at radius 1 is 0.380 bits per heavy atom. The highest BCUT2D eigenvalue weighted by Crippen LogP contribution is 2.70. The fourth-order valence-electron chi connectivity index (χ4n) is 19.6. The summed E-state index contributed by atoms with van der Waals surface area (Å²) in [6, 6.07) is 2.36. The Kier molecular flexibility index (Phi) is 6.50. The molecule has 4 heterocycles. The Balaban J connectivity index is 0.832. The predicted molar refractivity (Wildman–Crippen MR) is 191 cm³/mol. The molecule has 13 rings (SSSR count). The smallest absolute Gasteiger partial charge is 0.227 e. The molecule has 2 amide bonds. The number of nitrogens with zero attached hydrogens (tertiary/aromatic N) is 2. The molecule has 0 radical (unpaired) electrons. The number of nitrogens with one attached hydrogen (secondary N) is 2. The van der Waals surface area contributed by atoms with Crippen LogP contribution >= 0.6 is 0 Å². The first-order valence-corrected chi connectivity index (χ1v) is 22.8. The average molecular weight is 681 g/mol. The monoisotopic (exact) mass is 681 g/mol. The van der Waals surface area contributed by atoms with Crippen molar-refractivity contribution in [1.82, 2.24) is 20.4 Å². The zero-order valence-electron chi connectivity index (χ0n) is 30.6. The minimum atomic E-state index is 0.297. The van der Waals surface area contributed by atoms with Crippen molar-refractivity contribution in [3.8, 4) is 0 Å². The van der Waals surface area contributed by atoms with E-state index in [1.165, 1.54) is 116 Å². The van der Waals surface area contributed by atoms with E-state index in [9.17, 15) is 9.59 Å². The molecule has 272 valence electrons. The normalized spacial score (nSPS) is 61.0. The van der Waals surface area contributed by atoms with E-state index in [0.29, 0.717) is 83.8 Å². The van der Waals surface area contributed by atoms with Gasteiger partial charge in [0, 0.05) is 36.0 Å². The Morgan fingerprint density at radius 2 is 0.760 bits per heavy atom. The van der Waals surface area contributed by atoms with Crippen LogP contribution in [0.5, 0.6) is 0 Å². The Labute approximate surface area is 300 Å². The van der Waals surface area contributed by atoms with Crippen LogP contribution < -0.4 is 10.6 Å². The third kappa shape index (κ3) is 3.72. The molecule has 0 aromatic heterocycles. The summed E-state index contributed by atoms with van der Waals surface area (Å²) in [5.41, 5.74) is 0. The number of carbonyl (C=O) groups excluding carboxylic acids is 2. The number of fused-ring (bicyclic) bond motifs is 8. The third-order valence-electron chi connectivity index (χ3n) is 20.4. The highest BCUT2D eigenvalue weighted by Gasteiger charge is 2.70. The molecule has 9 aliphatic carbocycles. The molecule has 0 aromatic rings. The van der Waals surface area contributed by atoms with Crippen molar-refractivity contribution in [3.05, 3.63) is 0 Å². The second kappa shape index (κ2) is 10.8. The van der Waals surface area contributed by atoms with Crippen molar-refractivity contribution in [2.24, 2.45) is 94.7 Å². The lowest BCUT2D eigenvalue weighted by molar-refractivity contribution is -0.234. The van der Waals surface area contributed by atoms with Crippen LogP contribution in [0.3, 0.4) is 0 Å². The molecule has 4 aliphatic heterocycles. The molecule has 50 heavy (non-hydrogen) atoms. The minimum absolute atomic E-state index is 0.297. The maximum Gasteiger partial charge on any atom is 0.227 e. The maximum absolute atomic E-state index is 14.9. The van der Waals surface area contributed by atoms with Crippen molar-refractivity contribution in [2.45, 2.75) is 165 Å². The second-order valence-corrected chi connectivity index (χ2v) is 21.3. The van der Waals surface area contributed by atoms with Gasteiger partial charge in [-0.1, -0.05) is 25.7 Å². The fourth-order valence-corrected chi connectivity index (χ4v) is 19.6. The maximum atomic E-state index is 14.9. The second-order valence-electron chi connectivity index (χ2n) is 21.3. The minimum Gasteiger partial charge on any atom is -0.323 e. The quantitative estimate of drug-likeness (QED) is 0.296. The number of carbonyl (C=O) groups is 2. The summed E-state index contributed by atoms with van der Waals surface area (Å²) in [5.74, 6) is 12.3. The van der Waals surface area contributed by atoms with Crippen LogP contribution in [0.1, 0.15) is 128 Å². The first-order chi connectivity index (χ1) is 24.7. The van der Waals surface area contributed by atoms with Crippen molar-refractivity contribution < 1.29 is 9.59 Å². The Morgan fingerprint density at radius 3 is 1.20 bits per heavy atom. The topological polar surface area (TPSA) is 64.7 Å². The summed E-state index contributed by atoms with van der Waals surface area (Å²) < 4.78 is 0. The summed E-state index contributed by atoms with van der Waals surface area (Å²) in [7, 11) is 0. The lowest BCUT2D eigenvalue weighted by atomic mass is 9.37. The zero-order valence-corrected chi connectivity index (χ0v) is 30.6. The molecule has 6 nitrogen and oxygen atoms in total. The van der Waals surface area contributed by atoms with E-state index < -0.39 is 0 Å². The summed E-state index contributed by atoms with van der Waals surface area (Å²) in [4.78, 5) is 35.0. The van der Waals surface area contributed by atoms with Crippen molar-refractivity contribution in [1.29, 1.82) is 0 Å². The van der Waals surface area contributed by atoms with E-state index in [1.807, 2.05) is 0 Å². The Bertz CT molecular complexity index is 1330. The molecule has 22 unspecified atom stereocenters. The van der Waals surface area contributed by atoms with E-state index in [0.717, 1.165) is 72.0 Å². The van der Waals surface area contributed by atoms with Gasteiger partial charge in [-0.25, -0.2) is 0 Å². The van der Waals surface area contributed by atoms with Crippen molar-refractivity contribution in [3.63, 3.8) is 0 Å². The molecule has 0 aromatic carbocycles. The first-order valence-electron chi connectivity index (χ1n) is 22.8. The number of rotatable bonds is 0. The van der Waals surface area contributed by atoms with Gasteiger partial charge < -0.3 is 9.80 Å². The number of hydrogen-bond donors (Lipinski definition) is 2. The molecule has 4 saturated heterocycles. The summed E-state index contributed by atoms with van der Waals surface area (Å²) in [6.45, 7) is 0.